The van der Waals surface area contributed by atoms with E-state index in [2.05, 4.69) is 4.98 Å². The van der Waals surface area contributed by atoms with Crippen molar-refractivity contribution in [2.45, 2.75) is 19.9 Å². The third-order valence-corrected chi connectivity index (χ3v) is 4.91. The molecule has 5 nitrogen and oxygen atoms in total. The topological polar surface area (TPSA) is 59.5 Å². The second-order valence-corrected chi connectivity index (χ2v) is 6.87. The molecule has 0 saturated heterocycles. The second kappa shape index (κ2) is 6.04. The predicted octanol–water partition coefficient (Wildman–Crippen LogP) is 2.45. The van der Waals surface area contributed by atoms with Crippen LogP contribution in [0.3, 0.4) is 0 Å². The van der Waals surface area contributed by atoms with Crippen LogP contribution >= 0.6 is 11.3 Å². The van der Waals surface area contributed by atoms with E-state index in [0.29, 0.717) is 12.5 Å². The van der Waals surface area contributed by atoms with Crippen LogP contribution in [0.4, 0.5) is 0 Å². The number of para-hydroxylation sites is 1. The molecule has 0 bridgehead atoms. The van der Waals surface area contributed by atoms with Gasteiger partial charge in [0.05, 0.1) is 22.7 Å². The van der Waals surface area contributed by atoms with Crippen molar-refractivity contribution in [2.24, 2.45) is 11.8 Å². The van der Waals surface area contributed by atoms with Gasteiger partial charge in [0, 0.05) is 7.05 Å². The summed E-state index contributed by atoms with van der Waals surface area (Å²) >= 11 is 1.57. The minimum Gasteiger partial charge on any atom is -0.455 e. The Morgan fingerprint density at radius 1 is 1.41 bits per heavy atom. The zero-order valence-electron chi connectivity index (χ0n) is 12.6. The van der Waals surface area contributed by atoms with E-state index in [-0.39, 0.29) is 24.4 Å². The summed E-state index contributed by atoms with van der Waals surface area (Å²) in [6.07, 6.45) is 0.870. The molecule has 0 aliphatic heterocycles. The lowest BCUT2D eigenvalue weighted by Gasteiger charge is -2.15. The van der Waals surface area contributed by atoms with Crippen LogP contribution in [0.5, 0.6) is 0 Å². The first-order valence-corrected chi connectivity index (χ1v) is 8.11. The molecule has 0 radical (unpaired) electrons. The number of amides is 1. The van der Waals surface area contributed by atoms with Crippen molar-refractivity contribution in [3.05, 3.63) is 29.3 Å². The number of carbonyl (C=O) groups excluding carboxylic acids is 2. The number of hydrogen-bond donors (Lipinski definition) is 0. The molecule has 1 fully saturated rings. The molecule has 0 spiro atoms. The van der Waals surface area contributed by atoms with Crippen LogP contribution in [-0.2, 0) is 20.9 Å². The summed E-state index contributed by atoms with van der Waals surface area (Å²) < 4.78 is 6.17. The number of fused-ring (bicyclic) bond motifs is 1. The highest BCUT2D eigenvalue weighted by molar-refractivity contribution is 7.18. The van der Waals surface area contributed by atoms with Crippen LogP contribution in [-0.4, -0.2) is 35.4 Å². The first-order chi connectivity index (χ1) is 10.5. The second-order valence-electron chi connectivity index (χ2n) is 5.75. The molecule has 22 heavy (non-hydrogen) atoms. The van der Waals surface area contributed by atoms with Crippen molar-refractivity contribution in [3.63, 3.8) is 0 Å². The van der Waals surface area contributed by atoms with Crippen molar-refractivity contribution in [1.82, 2.24) is 9.88 Å². The molecule has 2 aromatic rings. The molecule has 3 rings (SSSR count). The molecule has 1 amide bonds. The molecule has 1 heterocycles. The lowest BCUT2D eigenvalue weighted by Crippen LogP contribution is -2.31. The van der Waals surface area contributed by atoms with Crippen molar-refractivity contribution in [1.29, 1.82) is 0 Å². The number of thiazole rings is 1. The van der Waals surface area contributed by atoms with Crippen molar-refractivity contribution in [2.75, 3.05) is 13.7 Å². The summed E-state index contributed by atoms with van der Waals surface area (Å²) in [6, 6.07) is 7.88. The highest BCUT2D eigenvalue weighted by Crippen LogP contribution is 2.38. The Kier molecular flexibility index (Phi) is 4.11. The molecule has 2 atom stereocenters. The van der Waals surface area contributed by atoms with Gasteiger partial charge < -0.3 is 9.64 Å². The minimum absolute atomic E-state index is 0.0117. The van der Waals surface area contributed by atoms with Gasteiger partial charge in [-0.1, -0.05) is 19.1 Å². The van der Waals surface area contributed by atoms with Gasteiger partial charge in [-0.3, -0.25) is 9.59 Å². The first kappa shape index (κ1) is 15.0. The van der Waals surface area contributed by atoms with Gasteiger partial charge in [-0.05, 0) is 24.5 Å². The van der Waals surface area contributed by atoms with E-state index in [1.165, 1.54) is 0 Å². The fraction of sp³-hybridized carbons (Fsp3) is 0.438. The summed E-state index contributed by atoms with van der Waals surface area (Å²) in [5, 5.41) is 0.874. The van der Waals surface area contributed by atoms with Crippen LogP contribution in [0, 0.1) is 11.8 Å². The van der Waals surface area contributed by atoms with Crippen LogP contribution in [0.15, 0.2) is 24.3 Å². The molecule has 0 unspecified atom stereocenters. The Balaban J connectivity index is 1.53. The quantitative estimate of drug-likeness (QED) is 0.795. The number of nitrogens with zero attached hydrogens (tertiary/aromatic N) is 2. The number of benzene rings is 1. The molecular formula is C16H18N2O3S. The van der Waals surface area contributed by atoms with E-state index in [9.17, 15) is 9.59 Å². The van der Waals surface area contributed by atoms with Crippen molar-refractivity contribution < 1.29 is 14.3 Å². The average molecular weight is 318 g/mol. The van der Waals surface area contributed by atoms with E-state index in [1.807, 2.05) is 31.2 Å². The number of aromatic nitrogens is 1. The van der Waals surface area contributed by atoms with E-state index in [0.717, 1.165) is 21.6 Å². The maximum absolute atomic E-state index is 12.0. The molecule has 0 N–H and O–H groups in total. The zero-order chi connectivity index (χ0) is 15.7. The molecule has 1 aliphatic rings. The van der Waals surface area contributed by atoms with Gasteiger partial charge in [-0.25, -0.2) is 4.98 Å². The lowest BCUT2D eigenvalue weighted by molar-refractivity contribution is -0.153. The van der Waals surface area contributed by atoms with Gasteiger partial charge in [0.2, 0.25) is 0 Å². The normalized spacial score (nSPS) is 19.9. The highest BCUT2D eigenvalue weighted by Gasteiger charge is 2.40. The van der Waals surface area contributed by atoms with Gasteiger partial charge >= 0.3 is 5.97 Å². The summed E-state index contributed by atoms with van der Waals surface area (Å²) in [6.45, 7) is 2.24. The maximum atomic E-state index is 12.0. The van der Waals surface area contributed by atoms with Crippen LogP contribution in [0.2, 0.25) is 0 Å². The van der Waals surface area contributed by atoms with Gasteiger partial charge in [0.25, 0.3) is 5.91 Å². The number of esters is 1. The molecule has 1 aromatic carbocycles. The molecule has 116 valence electrons. The van der Waals surface area contributed by atoms with E-state index < -0.39 is 0 Å². The van der Waals surface area contributed by atoms with Crippen LogP contribution in [0.1, 0.15) is 18.4 Å². The highest BCUT2D eigenvalue weighted by atomic mass is 32.1. The summed E-state index contributed by atoms with van der Waals surface area (Å²) in [7, 11) is 1.70. The molecule has 1 saturated carbocycles. The largest absolute Gasteiger partial charge is 0.455 e. The fourth-order valence-corrected chi connectivity index (χ4v) is 3.30. The van der Waals surface area contributed by atoms with Crippen LogP contribution in [0.25, 0.3) is 10.2 Å². The Labute approximate surface area is 132 Å². The monoisotopic (exact) mass is 318 g/mol. The maximum Gasteiger partial charge on any atom is 0.309 e. The van der Waals surface area contributed by atoms with Gasteiger partial charge in [0.1, 0.15) is 5.01 Å². The Bertz CT molecular complexity index is 679. The molecule has 1 aromatic heterocycles. The van der Waals surface area contributed by atoms with Gasteiger partial charge in [-0.2, -0.15) is 0 Å². The Morgan fingerprint density at radius 2 is 2.14 bits per heavy atom. The van der Waals surface area contributed by atoms with E-state index in [1.54, 1.807) is 23.3 Å². The van der Waals surface area contributed by atoms with Crippen LogP contribution < -0.4 is 0 Å². The number of hydrogen-bond acceptors (Lipinski definition) is 5. The summed E-state index contributed by atoms with van der Waals surface area (Å²) in [5.41, 5.74) is 0.942. The minimum atomic E-state index is -0.255. The summed E-state index contributed by atoms with van der Waals surface area (Å²) in [4.78, 5) is 29.7. The number of likely N-dealkylation sites (N-methyl/N-ethyl adjacent to an activating group) is 1. The molecular weight excluding hydrogens is 300 g/mol. The SMILES string of the molecule is C[C@@H]1C[C@H]1C(=O)OCC(=O)N(C)Cc1nc2ccccc2s1. The number of ether oxygens (including phenoxy) is 1. The summed E-state index contributed by atoms with van der Waals surface area (Å²) in [5.74, 6) is -0.0828. The fourth-order valence-electron chi connectivity index (χ4n) is 2.28. The van der Waals surface area contributed by atoms with Gasteiger partial charge in [0.15, 0.2) is 6.61 Å². The van der Waals surface area contributed by atoms with Crippen molar-refractivity contribution in [3.8, 4) is 0 Å². The Morgan fingerprint density at radius 3 is 2.82 bits per heavy atom. The average Bonchev–Trinajstić information content (AvgIpc) is 3.09. The van der Waals surface area contributed by atoms with E-state index >= 15 is 0 Å². The Hall–Kier alpha value is -1.95. The first-order valence-electron chi connectivity index (χ1n) is 7.29. The van der Waals surface area contributed by atoms with E-state index in [4.69, 9.17) is 4.74 Å². The lowest BCUT2D eigenvalue weighted by atomic mass is 10.3. The molecule has 1 aliphatic carbocycles. The van der Waals surface area contributed by atoms with Gasteiger partial charge in [-0.15, -0.1) is 11.3 Å². The van der Waals surface area contributed by atoms with Crippen molar-refractivity contribution >= 4 is 33.4 Å². The predicted molar refractivity (Wildman–Crippen MR) is 84.3 cm³/mol. The standard InChI is InChI=1S/C16H18N2O3S/c1-10-7-11(10)16(20)21-9-15(19)18(2)8-14-17-12-5-3-4-6-13(12)22-14/h3-6,10-11H,7-9H2,1-2H3/t10-,11-/m1/s1. The molecule has 6 heteroatoms. The smallest absolute Gasteiger partial charge is 0.309 e. The number of rotatable bonds is 5. The third kappa shape index (κ3) is 3.27. The number of carbonyl (C=O) groups is 2. The third-order valence-electron chi connectivity index (χ3n) is 3.89. The zero-order valence-corrected chi connectivity index (χ0v) is 13.4.